The summed E-state index contributed by atoms with van der Waals surface area (Å²) in [7, 11) is 0. The van der Waals surface area contributed by atoms with Gasteiger partial charge in [-0.15, -0.1) is 0 Å². The fourth-order valence-corrected chi connectivity index (χ4v) is 1.78. The van der Waals surface area contributed by atoms with Crippen LogP contribution in [0.25, 0.3) is 0 Å². The summed E-state index contributed by atoms with van der Waals surface area (Å²) in [5.41, 5.74) is 6.75. The number of allylic oxidation sites excluding steroid dienone is 1. The Kier molecular flexibility index (Phi) is 5.93. The molecule has 2 nitrogen and oxygen atoms in total. The molecule has 0 radical (unpaired) electrons. The lowest BCUT2D eigenvalue weighted by Crippen LogP contribution is -2.14. The van der Waals surface area contributed by atoms with E-state index in [4.69, 9.17) is 10.5 Å². The van der Waals surface area contributed by atoms with Gasteiger partial charge >= 0.3 is 0 Å². The third kappa shape index (κ3) is 4.53. The van der Waals surface area contributed by atoms with Crippen LogP contribution in [0.3, 0.4) is 0 Å². The van der Waals surface area contributed by atoms with Crippen molar-refractivity contribution in [2.45, 2.75) is 39.0 Å². The Hall–Kier alpha value is -1.28. The first-order valence-corrected chi connectivity index (χ1v) is 6.71. The van der Waals surface area contributed by atoms with E-state index in [1.807, 2.05) is 12.1 Å². The number of rotatable bonds is 7. The molecule has 0 spiro atoms. The highest BCUT2D eigenvalue weighted by Crippen LogP contribution is 2.27. The van der Waals surface area contributed by atoms with Gasteiger partial charge in [0.2, 0.25) is 0 Å². The van der Waals surface area contributed by atoms with Gasteiger partial charge in [0.05, 0.1) is 6.61 Å². The Balaban J connectivity index is 2.77. The second kappa shape index (κ2) is 7.22. The van der Waals surface area contributed by atoms with Gasteiger partial charge in [0, 0.05) is 12.0 Å². The zero-order valence-electron chi connectivity index (χ0n) is 11.8. The standard InChI is InChI=1S/C16H25NO/c1-4-5-12-18-15-9-6-8-14(13-15)16(2,3)10-7-11-17/h6-10,13H,4-5,11-12,17H2,1-3H3/b10-7+. The maximum Gasteiger partial charge on any atom is 0.119 e. The van der Waals surface area contributed by atoms with E-state index in [1.54, 1.807) is 0 Å². The number of benzene rings is 1. The summed E-state index contributed by atoms with van der Waals surface area (Å²) in [4.78, 5) is 0. The molecule has 100 valence electrons. The molecule has 0 bridgehead atoms. The minimum absolute atomic E-state index is 0.0104. The predicted octanol–water partition coefficient (Wildman–Crippen LogP) is 3.66. The van der Waals surface area contributed by atoms with Crippen molar-refractivity contribution in [1.29, 1.82) is 0 Å². The van der Waals surface area contributed by atoms with Crippen LogP contribution in [0.5, 0.6) is 5.75 Å². The Bertz CT molecular complexity index is 382. The molecule has 0 aliphatic heterocycles. The van der Waals surface area contributed by atoms with E-state index in [-0.39, 0.29) is 5.41 Å². The molecule has 0 unspecified atom stereocenters. The van der Waals surface area contributed by atoms with Crippen molar-refractivity contribution in [1.82, 2.24) is 0 Å². The zero-order valence-corrected chi connectivity index (χ0v) is 11.8. The van der Waals surface area contributed by atoms with Gasteiger partial charge < -0.3 is 10.5 Å². The van der Waals surface area contributed by atoms with E-state index in [1.165, 1.54) is 5.56 Å². The summed E-state index contributed by atoms with van der Waals surface area (Å²) < 4.78 is 5.74. The molecule has 0 saturated carbocycles. The lowest BCUT2D eigenvalue weighted by molar-refractivity contribution is 0.308. The van der Waals surface area contributed by atoms with Gasteiger partial charge in [-0.05, 0) is 24.1 Å². The zero-order chi connectivity index (χ0) is 13.4. The Morgan fingerprint density at radius 1 is 1.33 bits per heavy atom. The number of nitrogens with two attached hydrogens (primary N) is 1. The summed E-state index contributed by atoms with van der Waals surface area (Å²) in [5.74, 6) is 0.954. The van der Waals surface area contributed by atoms with Gasteiger partial charge in [-0.25, -0.2) is 0 Å². The fourth-order valence-electron chi connectivity index (χ4n) is 1.78. The average molecular weight is 247 g/mol. The maximum absolute atomic E-state index is 5.74. The first-order chi connectivity index (χ1) is 8.60. The third-order valence-electron chi connectivity index (χ3n) is 3.02. The molecule has 0 aliphatic carbocycles. The van der Waals surface area contributed by atoms with Crippen molar-refractivity contribution in [3.63, 3.8) is 0 Å². The van der Waals surface area contributed by atoms with Gasteiger partial charge in [0.25, 0.3) is 0 Å². The topological polar surface area (TPSA) is 35.2 Å². The normalized spacial score (nSPS) is 12.0. The van der Waals surface area contributed by atoms with Crippen LogP contribution in [-0.2, 0) is 5.41 Å². The van der Waals surface area contributed by atoms with E-state index >= 15 is 0 Å². The van der Waals surface area contributed by atoms with E-state index in [0.29, 0.717) is 6.54 Å². The molecule has 18 heavy (non-hydrogen) atoms. The molecule has 2 N–H and O–H groups in total. The monoisotopic (exact) mass is 247 g/mol. The summed E-state index contributed by atoms with van der Waals surface area (Å²) in [6, 6.07) is 8.32. The molecule has 0 saturated heterocycles. The first kappa shape index (κ1) is 14.8. The lowest BCUT2D eigenvalue weighted by Gasteiger charge is -2.21. The molecular formula is C16H25NO. The van der Waals surface area contributed by atoms with Crippen LogP contribution >= 0.6 is 0 Å². The van der Waals surface area contributed by atoms with Crippen LogP contribution in [-0.4, -0.2) is 13.2 Å². The van der Waals surface area contributed by atoms with Gasteiger partial charge in [-0.1, -0.05) is 51.5 Å². The average Bonchev–Trinajstić information content (AvgIpc) is 2.37. The second-order valence-electron chi connectivity index (χ2n) is 5.09. The van der Waals surface area contributed by atoms with Crippen LogP contribution in [0.4, 0.5) is 0 Å². The Morgan fingerprint density at radius 3 is 2.78 bits per heavy atom. The number of unbranched alkanes of at least 4 members (excludes halogenated alkanes) is 1. The molecular weight excluding hydrogens is 222 g/mol. The summed E-state index contributed by atoms with van der Waals surface area (Å²) in [5, 5.41) is 0. The van der Waals surface area contributed by atoms with Crippen LogP contribution in [0, 0.1) is 0 Å². The summed E-state index contributed by atoms with van der Waals surface area (Å²) >= 11 is 0. The van der Waals surface area contributed by atoms with Crippen molar-refractivity contribution in [2.75, 3.05) is 13.2 Å². The molecule has 1 rings (SSSR count). The fraction of sp³-hybridized carbons (Fsp3) is 0.500. The van der Waals surface area contributed by atoms with Gasteiger partial charge in [0.1, 0.15) is 5.75 Å². The molecule has 0 aromatic heterocycles. The molecule has 1 aromatic carbocycles. The van der Waals surface area contributed by atoms with E-state index in [0.717, 1.165) is 25.2 Å². The smallest absolute Gasteiger partial charge is 0.119 e. The Labute approximate surface area is 111 Å². The first-order valence-electron chi connectivity index (χ1n) is 6.71. The number of hydrogen-bond donors (Lipinski definition) is 1. The highest BCUT2D eigenvalue weighted by atomic mass is 16.5. The highest BCUT2D eigenvalue weighted by Gasteiger charge is 2.16. The van der Waals surface area contributed by atoms with E-state index < -0.39 is 0 Å². The maximum atomic E-state index is 5.74. The van der Waals surface area contributed by atoms with Gasteiger partial charge in [-0.2, -0.15) is 0 Å². The lowest BCUT2D eigenvalue weighted by atomic mass is 9.84. The largest absolute Gasteiger partial charge is 0.494 e. The molecule has 2 heteroatoms. The Morgan fingerprint density at radius 2 is 2.11 bits per heavy atom. The molecule has 1 aromatic rings. The van der Waals surface area contributed by atoms with Crippen molar-refractivity contribution < 1.29 is 4.74 Å². The van der Waals surface area contributed by atoms with Crippen molar-refractivity contribution in [3.8, 4) is 5.75 Å². The van der Waals surface area contributed by atoms with Gasteiger partial charge in [0.15, 0.2) is 0 Å². The van der Waals surface area contributed by atoms with Crippen LogP contribution in [0.2, 0.25) is 0 Å². The molecule has 0 fully saturated rings. The van der Waals surface area contributed by atoms with Crippen LogP contribution in [0.15, 0.2) is 36.4 Å². The molecule has 0 atom stereocenters. The van der Waals surface area contributed by atoms with Crippen LogP contribution < -0.4 is 10.5 Å². The highest BCUT2D eigenvalue weighted by molar-refractivity contribution is 5.36. The van der Waals surface area contributed by atoms with Crippen molar-refractivity contribution >= 4 is 0 Å². The third-order valence-corrected chi connectivity index (χ3v) is 3.02. The van der Waals surface area contributed by atoms with Crippen molar-refractivity contribution in [2.24, 2.45) is 5.73 Å². The predicted molar refractivity (Wildman–Crippen MR) is 78.1 cm³/mol. The number of hydrogen-bond acceptors (Lipinski definition) is 2. The van der Waals surface area contributed by atoms with Crippen LogP contribution in [0.1, 0.15) is 39.2 Å². The molecule has 0 heterocycles. The minimum Gasteiger partial charge on any atom is -0.494 e. The summed E-state index contributed by atoms with van der Waals surface area (Å²) in [6.07, 6.45) is 6.41. The second-order valence-corrected chi connectivity index (χ2v) is 5.09. The van der Waals surface area contributed by atoms with E-state index in [2.05, 4.69) is 45.0 Å². The van der Waals surface area contributed by atoms with Gasteiger partial charge in [-0.3, -0.25) is 0 Å². The molecule has 0 amide bonds. The van der Waals surface area contributed by atoms with Crippen molar-refractivity contribution in [3.05, 3.63) is 42.0 Å². The molecule has 0 aliphatic rings. The summed E-state index contributed by atoms with van der Waals surface area (Å²) in [6.45, 7) is 7.91. The number of ether oxygens (including phenoxy) is 1. The minimum atomic E-state index is -0.0104. The quantitative estimate of drug-likeness (QED) is 0.589. The SMILES string of the molecule is CCCCOc1cccc(C(C)(C)/C=C/CN)c1. The van der Waals surface area contributed by atoms with E-state index in [9.17, 15) is 0 Å².